The first-order valence-corrected chi connectivity index (χ1v) is 10.4. The minimum Gasteiger partial charge on any atom is -0.0617 e. The second kappa shape index (κ2) is 6.58. The van der Waals surface area contributed by atoms with E-state index in [0.717, 1.165) is 0 Å². The summed E-state index contributed by atoms with van der Waals surface area (Å²) in [5.74, 6) is 0. The van der Waals surface area contributed by atoms with Crippen LogP contribution in [0.5, 0.6) is 0 Å². The molecule has 2 heteroatoms. The third kappa shape index (κ3) is 3.35. The molecule has 24 heavy (non-hydrogen) atoms. The Hall–Kier alpha value is -0.650. The van der Waals surface area contributed by atoms with Crippen molar-refractivity contribution < 1.29 is 0 Å². The van der Waals surface area contributed by atoms with Gasteiger partial charge >= 0.3 is 0 Å². The van der Waals surface area contributed by atoms with Gasteiger partial charge in [-0.25, -0.2) is 0 Å². The first-order chi connectivity index (χ1) is 11.3. The monoisotopic (exact) mass is 322 g/mol. The van der Waals surface area contributed by atoms with E-state index in [9.17, 15) is 0 Å². The first kappa shape index (κ1) is 18.2. The fourth-order valence-corrected chi connectivity index (χ4v) is 5.57. The summed E-state index contributed by atoms with van der Waals surface area (Å²) in [6.45, 7) is 7.31. The van der Waals surface area contributed by atoms with Gasteiger partial charge in [0, 0.05) is 0 Å². The van der Waals surface area contributed by atoms with Crippen LogP contribution < -0.4 is 0 Å². The topological polar surface area (TPSA) is 0 Å². The van der Waals surface area contributed by atoms with Crippen LogP contribution in [0, 0.1) is 0 Å². The third-order valence-electron chi connectivity index (χ3n) is 7.03. The van der Waals surface area contributed by atoms with Crippen molar-refractivity contribution in [1.82, 2.24) is 0 Å². The van der Waals surface area contributed by atoms with E-state index in [0.29, 0.717) is 10.6 Å². The number of rotatable bonds is 2. The van der Waals surface area contributed by atoms with Gasteiger partial charge in [-0.2, -0.15) is 0 Å². The molecule has 2 saturated carbocycles. The smallest absolute Gasteiger partial charge is 0.0617 e. The molecule has 0 aromatic heterocycles. The molecule has 1 aromatic carbocycles. The fourth-order valence-electron chi connectivity index (χ4n) is 5.57. The van der Waals surface area contributed by atoms with E-state index < -0.39 is 0 Å². The van der Waals surface area contributed by atoms with Crippen molar-refractivity contribution in [2.45, 2.75) is 101 Å². The van der Waals surface area contributed by atoms with Crippen LogP contribution in [-0.4, -0.2) is 15.7 Å². The second-order valence-corrected chi connectivity index (χ2v) is 10.2. The Labute approximate surface area is 152 Å². The van der Waals surface area contributed by atoms with Crippen molar-refractivity contribution in [3.05, 3.63) is 34.9 Å². The molecule has 0 nitrogen and oxygen atoms in total. The number of hydrogen-bond donors (Lipinski definition) is 0. The number of hydrogen-bond acceptors (Lipinski definition) is 0. The lowest BCUT2D eigenvalue weighted by molar-refractivity contribution is 0.375. The highest BCUT2D eigenvalue weighted by Gasteiger charge is 2.38. The molecule has 2 aliphatic carbocycles. The van der Waals surface area contributed by atoms with Crippen LogP contribution in [0.15, 0.2) is 18.2 Å². The zero-order valence-corrected chi connectivity index (χ0v) is 16.8. The van der Waals surface area contributed by atoms with Crippen molar-refractivity contribution in [2.24, 2.45) is 0 Å². The molecule has 0 bridgehead atoms. The van der Waals surface area contributed by atoms with E-state index >= 15 is 0 Å². The average Bonchev–Trinajstić information content (AvgIpc) is 2.55. The highest BCUT2D eigenvalue weighted by Crippen LogP contribution is 2.47. The lowest BCUT2D eigenvalue weighted by Crippen LogP contribution is -2.37. The summed E-state index contributed by atoms with van der Waals surface area (Å²) in [5, 5.41) is 0.782. The summed E-state index contributed by atoms with van der Waals surface area (Å²) in [6, 6.07) is 7.32. The minimum atomic E-state index is 0.229. The summed E-state index contributed by atoms with van der Waals surface area (Å²) >= 11 is 0. The van der Waals surface area contributed by atoms with Crippen LogP contribution in [0.2, 0.25) is 0 Å². The standard InChI is InChI=1S/C22H36B2/c1-20(2,3)19-17(21(23)13-6-4-7-14-21)11-10-12-18(19)22(24)15-8-5-9-16-22/h10-12H,4-9,13-16,23-24H2,1-3H3. The van der Waals surface area contributed by atoms with Gasteiger partial charge in [-0.15, -0.1) is 0 Å². The molecule has 0 saturated heterocycles. The normalized spacial score (nSPS) is 23.8. The molecule has 0 unspecified atom stereocenters. The van der Waals surface area contributed by atoms with E-state index in [1.807, 2.05) is 0 Å². The van der Waals surface area contributed by atoms with E-state index in [1.54, 1.807) is 16.7 Å². The quantitative estimate of drug-likeness (QED) is 0.700. The van der Waals surface area contributed by atoms with Gasteiger partial charge in [0.2, 0.25) is 0 Å². The van der Waals surface area contributed by atoms with E-state index in [-0.39, 0.29) is 5.41 Å². The van der Waals surface area contributed by atoms with Gasteiger partial charge in [-0.1, -0.05) is 103 Å². The Morgan fingerprint density at radius 2 is 1.08 bits per heavy atom. The van der Waals surface area contributed by atoms with Gasteiger partial charge in [0.15, 0.2) is 0 Å². The van der Waals surface area contributed by atoms with E-state index in [1.165, 1.54) is 64.2 Å². The van der Waals surface area contributed by atoms with Crippen molar-refractivity contribution in [2.75, 3.05) is 0 Å². The lowest BCUT2D eigenvalue weighted by atomic mass is 9.50. The summed E-state index contributed by atoms with van der Waals surface area (Å²) in [7, 11) is 5.09. The predicted octanol–water partition coefficient (Wildman–Crippen LogP) is 4.57. The maximum absolute atomic E-state index is 2.55. The van der Waals surface area contributed by atoms with Crippen molar-refractivity contribution >= 4 is 15.7 Å². The molecule has 0 aliphatic heterocycles. The van der Waals surface area contributed by atoms with Crippen LogP contribution in [-0.2, 0) is 16.0 Å². The first-order valence-electron chi connectivity index (χ1n) is 10.4. The molecule has 0 atom stereocenters. The Bertz CT molecular complexity index is 528. The molecular weight excluding hydrogens is 286 g/mol. The molecule has 3 rings (SSSR count). The van der Waals surface area contributed by atoms with Crippen LogP contribution in [0.1, 0.15) is 102 Å². The van der Waals surface area contributed by atoms with E-state index in [2.05, 4.69) is 54.7 Å². The summed E-state index contributed by atoms with van der Waals surface area (Å²) < 4.78 is 0. The third-order valence-corrected chi connectivity index (χ3v) is 7.03. The maximum atomic E-state index is 2.55. The van der Waals surface area contributed by atoms with Crippen molar-refractivity contribution in [1.29, 1.82) is 0 Å². The van der Waals surface area contributed by atoms with Crippen LogP contribution in [0.3, 0.4) is 0 Å². The molecule has 0 heterocycles. The van der Waals surface area contributed by atoms with Crippen molar-refractivity contribution in [3.8, 4) is 0 Å². The highest BCUT2D eigenvalue weighted by atomic mass is 14.4. The summed E-state index contributed by atoms with van der Waals surface area (Å²) in [4.78, 5) is 0. The average molecular weight is 322 g/mol. The van der Waals surface area contributed by atoms with Gasteiger partial charge in [0.05, 0.1) is 0 Å². The molecule has 0 amide bonds. The Morgan fingerprint density at radius 3 is 1.42 bits per heavy atom. The van der Waals surface area contributed by atoms with Crippen LogP contribution in [0.25, 0.3) is 0 Å². The van der Waals surface area contributed by atoms with Gasteiger partial charge in [-0.3, -0.25) is 0 Å². The molecule has 0 radical (unpaired) electrons. The summed E-state index contributed by atoms with van der Waals surface area (Å²) in [5.41, 5.74) is 5.28. The highest BCUT2D eigenvalue weighted by molar-refractivity contribution is 6.17. The predicted molar refractivity (Wildman–Crippen MR) is 112 cm³/mol. The molecular formula is C22H36B2. The zero-order valence-electron chi connectivity index (χ0n) is 16.8. The molecule has 0 N–H and O–H groups in total. The second-order valence-electron chi connectivity index (χ2n) is 10.2. The Kier molecular flexibility index (Phi) is 4.98. The van der Waals surface area contributed by atoms with Gasteiger partial charge in [0.25, 0.3) is 0 Å². The maximum Gasteiger partial charge on any atom is 0.115 e. The molecule has 2 fully saturated rings. The number of benzene rings is 1. The largest absolute Gasteiger partial charge is 0.115 e. The molecule has 1 aromatic rings. The Morgan fingerprint density at radius 1 is 0.708 bits per heavy atom. The SMILES string of the molecule is BC1(c2cccc(C3(B)CCCCC3)c2C(C)(C)C)CCCCC1. The van der Waals surface area contributed by atoms with Gasteiger partial charge in [-0.05, 0) is 32.7 Å². The molecule has 0 spiro atoms. The van der Waals surface area contributed by atoms with Gasteiger partial charge < -0.3 is 0 Å². The summed E-state index contributed by atoms with van der Waals surface area (Å²) in [6.07, 6.45) is 14.0. The molecule has 130 valence electrons. The van der Waals surface area contributed by atoms with Crippen molar-refractivity contribution in [3.63, 3.8) is 0 Å². The van der Waals surface area contributed by atoms with Crippen LogP contribution in [0.4, 0.5) is 0 Å². The van der Waals surface area contributed by atoms with E-state index in [4.69, 9.17) is 0 Å². The van der Waals surface area contributed by atoms with Gasteiger partial charge in [0.1, 0.15) is 15.7 Å². The fraction of sp³-hybridized carbons (Fsp3) is 0.727. The lowest BCUT2D eigenvalue weighted by Gasteiger charge is -2.44. The zero-order chi connectivity index (χ0) is 17.4. The minimum absolute atomic E-state index is 0.229. The molecule has 2 aliphatic rings. The Balaban J connectivity index is 2.15. The van der Waals surface area contributed by atoms with Crippen LogP contribution >= 0.6 is 0 Å².